The third-order valence-corrected chi connectivity index (χ3v) is 4.83. The van der Waals surface area contributed by atoms with E-state index in [9.17, 15) is 14.7 Å². The lowest BCUT2D eigenvalue weighted by Gasteiger charge is -2.10. The second kappa shape index (κ2) is 8.73. The molecule has 0 aliphatic carbocycles. The normalized spacial score (nSPS) is 11.0. The molecule has 7 nitrogen and oxygen atoms in total. The molecule has 0 aliphatic heterocycles. The molecular formula is C23H16ClN3O4. The van der Waals surface area contributed by atoms with Gasteiger partial charge in [-0.2, -0.15) is 5.10 Å². The number of fused-ring (bicyclic) bond motifs is 1. The van der Waals surface area contributed by atoms with Crippen LogP contribution in [0, 0.1) is 0 Å². The Morgan fingerprint density at radius 2 is 1.77 bits per heavy atom. The molecule has 0 unspecified atom stereocenters. The summed E-state index contributed by atoms with van der Waals surface area (Å²) in [5.74, 6) is -0.708. The predicted molar refractivity (Wildman–Crippen MR) is 119 cm³/mol. The lowest BCUT2D eigenvalue weighted by Crippen LogP contribution is -2.17. The number of hydrogen-bond donors (Lipinski definition) is 3. The number of aromatic hydroxyl groups is 1. The predicted octanol–water partition coefficient (Wildman–Crippen LogP) is 4.81. The fourth-order valence-electron chi connectivity index (χ4n) is 3.01. The average Bonchev–Trinajstić information content (AvgIpc) is 3.32. The van der Waals surface area contributed by atoms with Crippen molar-refractivity contribution in [3.63, 3.8) is 0 Å². The Morgan fingerprint density at radius 1 is 0.968 bits per heavy atom. The van der Waals surface area contributed by atoms with Gasteiger partial charge in [0.25, 0.3) is 11.8 Å². The summed E-state index contributed by atoms with van der Waals surface area (Å²) < 4.78 is 5.13. The number of halogens is 1. The lowest BCUT2D eigenvalue weighted by molar-refractivity contribution is 0.0953. The Morgan fingerprint density at radius 3 is 2.52 bits per heavy atom. The van der Waals surface area contributed by atoms with E-state index in [0.717, 1.165) is 16.3 Å². The zero-order valence-electron chi connectivity index (χ0n) is 16.0. The Balaban J connectivity index is 1.55. The van der Waals surface area contributed by atoms with Gasteiger partial charge >= 0.3 is 0 Å². The van der Waals surface area contributed by atoms with E-state index in [1.165, 1.54) is 30.7 Å². The van der Waals surface area contributed by atoms with Crippen LogP contribution >= 0.6 is 11.6 Å². The van der Waals surface area contributed by atoms with Gasteiger partial charge in [-0.05, 0) is 41.8 Å². The molecule has 0 saturated carbocycles. The first kappa shape index (κ1) is 20.2. The Hall–Kier alpha value is -4.10. The molecule has 8 heteroatoms. The highest BCUT2D eigenvalue weighted by Gasteiger charge is 2.12. The zero-order valence-corrected chi connectivity index (χ0v) is 16.8. The smallest absolute Gasteiger partial charge is 0.291 e. The minimum atomic E-state index is -0.468. The number of hydrogen-bond acceptors (Lipinski definition) is 5. The number of hydrazone groups is 1. The van der Waals surface area contributed by atoms with Crippen LogP contribution in [0.5, 0.6) is 5.75 Å². The van der Waals surface area contributed by atoms with Crippen molar-refractivity contribution in [2.45, 2.75) is 0 Å². The summed E-state index contributed by atoms with van der Waals surface area (Å²) >= 11 is 5.83. The molecule has 1 heterocycles. The first-order valence-electron chi connectivity index (χ1n) is 9.21. The Labute approximate surface area is 182 Å². The van der Waals surface area contributed by atoms with Crippen LogP contribution in [0.4, 0.5) is 5.69 Å². The first-order chi connectivity index (χ1) is 15.0. The molecule has 2 amide bonds. The van der Waals surface area contributed by atoms with Gasteiger partial charge in [0.2, 0.25) is 0 Å². The Bertz CT molecular complexity index is 1300. The van der Waals surface area contributed by atoms with Crippen molar-refractivity contribution >= 4 is 46.1 Å². The van der Waals surface area contributed by atoms with E-state index in [-0.39, 0.29) is 28.0 Å². The molecule has 4 rings (SSSR count). The Kier molecular flexibility index (Phi) is 5.68. The van der Waals surface area contributed by atoms with Crippen molar-refractivity contribution in [3.05, 3.63) is 94.9 Å². The highest BCUT2D eigenvalue weighted by molar-refractivity contribution is 6.32. The number of nitrogens with zero attached hydrogens (tertiary/aromatic N) is 1. The van der Waals surface area contributed by atoms with Crippen molar-refractivity contribution < 1.29 is 19.1 Å². The van der Waals surface area contributed by atoms with Gasteiger partial charge < -0.3 is 14.8 Å². The number of nitrogens with one attached hydrogen (secondary N) is 2. The molecule has 0 atom stereocenters. The molecule has 0 radical (unpaired) electrons. The second-order valence-electron chi connectivity index (χ2n) is 6.54. The number of phenols is 1. The van der Waals surface area contributed by atoms with Gasteiger partial charge in [-0.1, -0.05) is 41.9 Å². The van der Waals surface area contributed by atoms with Crippen molar-refractivity contribution in [1.82, 2.24) is 5.43 Å². The van der Waals surface area contributed by atoms with Crippen LogP contribution in [0.15, 0.2) is 82.5 Å². The molecule has 0 spiro atoms. The maximum atomic E-state index is 12.3. The molecular weight excluding hydrogens is 418 g/mol. The molecule has 1 aromatic heterocycles. The highest BCUT2D eigenvalue weighted by atomic mass is 35.5. The number of anilines is 1. The molecule has 0 saturated heterocycles. The van der Waals surface area contributed by atoms with Crippen LogP contribution in [0.1, 0.15) is 26.5 Å². The third kappa shape index (κ3) is 4.41. The maximum absolute atomic E-state index is 12.3. The lowest BCUT2D eigenvalue weighted by atomic mass is 10.0. The van der Waals surface area contributed by atoms with Crippen LogP contribution < -0.4 is 10.7 Å². The van der Waals surface area contributed by atoms with Crippen LogP contribution in [-0.2, 0) is 0 Å². The van der Waals surface area contributed by atoms with Gasteiger partial charge in [0.15, 0.2) is 5.76 Å². The van der Waals surface area contributed by atoms with Gasteiger partial charge in [-0.25, -0.2) is 5.43 Å². The van der Waals surface area contributed by atoms with E-state index in [4.69, 9.17) is 16.0 Å². The average molecular weight is 434 g/mol. The van der Waals surface area contributed by atoms with Crippen molar-refractivity contribution in [2.75, 3.05) is 5.32 Å². The molecule has 3 aromatic carbocycles. The molecule has 0 fully saturated rings. The van der Waals surface area contributed by atoms with Gasteiger partial charge in [-0.15, -0.1) is 0 Å². The fraction of sp³-hybridized carbons (Fsp3) is 0. The van der Waals surface area contributed by atoms with Crippen LogP contribution in [0.25, 0.3) is 10.8 Å². The minimum absolute atomic E-state index is 0.0785. The molecule has 154 valence electrons. The number of carbonyl (C=O) groups excluding carboxylic acids is 2. The minimum Gasteiger partial charge on any atom is -0.506 e. The number of amides is 2. The number of carbonyl (C=O) groups is 2. The summed E-state index contributed by atoms with van der Waals surface area (Å²) in [7, 11) is 0. The van der Waals surface area contributed by atoms with E-state index in [0.29, 0.717) is 5.69 Å². The molecule has 0 aliphatic rings. The molecule has 0 bridgehead atoms. The quantitative estimate of drug-likeness (QED) is 0.310. The zero-order chi connectivity index (χ0) is 21.8. The topological polar surface area (TPSA) is 104 Å². The van der Waals surface area contributed by atoms with Crippen LogP contribution in [0.3, 0.4) is 0 Å². The summed E-state index contributed by atoms with van der Waals surface area (Å²) in [4.78, 5) is 24.6. The van der Waals surface area contributed by atoms with Crippen molar-refractivity contribution in [3.8, 4) is 5.75 Å². The highest BCUT2D eigenvalue weighted by Crippen LogP contribution is 2.27. The summed E-state index contributed by atoms with van der Waals surface area (Å²) in [6.07, 6.45) is 2.95. The fourth-order valence-corrected chi connectivity index (χ4v) is 3.19. The summed E-state index contributed by atoms with van der Waals surface area (Å²) in [5.41, 5.74) is 4.07. The van der Waals surface area contributed by atoms with Gasteiger partial charge in [0.1, 0.15) is 5.75 Å². The van der Waals surface area contributed by atoms with E-state index < -0.39 is 5.91 Å². The largest absolute Gasteiger partial charge is 0.506 e. The number of benzene rings is 3. The second-order valence-corrected chi connectivity index (χ2v) is 6.95. The van der Waals surface area contributed by atoms with E-state index in [1.807, 2.05) is 24.3 Å². The summed E-state index contributed by atoms with van der Waals surface area (Å²) in [6.45, 7) is 0. The number of rotatable bonds is 5. The third-order valence-electron chi connectivity index (χ3n) is 4.53. The number of phenolic OH excluding ortho intramolecular Hbond substituents is 1. The van der Waals surface area contributed by atoms with Crippen molar-refractivity contribution in [1.29, 1.82) is 0 Å². The summed E-state index contributed by atoms with van der Waals surface area (Å²) in [5, 5.41) is 18.0. The van der Waals surface area contributed by atoms with Crippen molar-refractivity contribution in [2.24, 2.45) is 5.10 Å². The monoisotopic (exact) mass is 433 g/mol. The SMILES string of the molecule is O=C(N/N=C/c1ccc(NC(=O)c2ccco2)c2ccccc12)c1ccc(O)c(Cl)c1. The summed E-state index contributed by atoms with van der Waals surface area (Å²) in [6, 6.07) is 18.4. The maximum Gasteiger partial charge on any atom is 0.291 e. The van der Waals surface area contributed by atoms with Crippen LogP contribution in [-0.4, -0.2) is 23.1 Å². The van der Waals surface area contributed by atoms with E-state index >= 15 is 0 Å². The standard InChI is InChI=1S/C23H16ClN3O4/c24-18-12-14(8-10-20(18)28)22(29)27-25-13-15-7-9-19(17-5-2-1-4-16(15)17)26-23(30)21-6-3-11-31-21/h1-13,28H,(H,26,30)(H,27,29)/b25-13+. The van der Waals surface area contributed by atoms with Gasteiger partial charge in [0.05, 0.1) is 17.5 Å². The molecule has 31 heavy (non-hydrogen) atoms. The van der Waals surface area contributed by atoms with E-state index in [1.54, 1.807) is 24.3 Å². The van der Waals surface area contributed by atoms with Gasteiger partial charge in [-0.3, -0.25) is 9.59 Å². The van der Waals surface area contributed by atoms with E-state index in [2.05, 4.69) is 15.8 Å². The number of furan rings is 1. The molecule has 4 aromatic rings. The van der Waals surface area contributed by atoms with Gasteiger partial charge in [0, 0.05) is 22.2 Å². The molecule has 3 N–H and O–H groups in total. The first-order valence-corrected chi connectivity index (χ1v) is 9.59. The van der Waals surface area contributed by atoms with Crippen LogP contribution in [0.2, 0.25) is 5.02 Å².